The highest BCUT2D eigenvalue weighted by Crippen LogP contribution is 2.36. The third kappa shape index (κ3) is 12.8. The first-order valence-electron chi connectivity index (χ1n) is 23.0. The zero-order valence-electron chi connectivity index (χ0n) is 38.8. The number of carbonyl (C=O) groups is 2. The number of aliphatic hydroxyl groups excluding tert-OH is 17. The standard InChI is InChI=1S/C40H68N2O30/c1-9-19(48)25(54)28(57)37(64-9)63-8-16-33(23(52)17(35(61)65-16)41-10(2)46)70-36-18(42-11(3)47)24(53)32(14(6-45)68-36)71-40-31(60)34(72-39-30(59)27(56)21(50)13(5-44)67-39)22(51)15(69-40)7-62-38-29(58)26(55)20(49)12(4-43)66-38/h9,12-40,43-45,48-61H,4-8H2,1-3H3,(H,41,46)(H,42,47)/t9-,12+,13+,14+,15+,16+,17+,18+,19+,20+,21+,22+,23+,24+,25+,26-,27-,28-,29-,30-,31-,32+,33+,34-,35+,36-,37-,38-,39+,40-/m0/s1. The number of carbonyl (C=O) groups excluding carboxylic acids is 2. The Hall–Kier alpha value is -2.18. The van der Waals surface area contributed by atoms with Gasteiger partial charge in [0.05, 0.1) is 39.1 Å². The second kappa shape index (κ2) is 25.3. The van der Waals surface area contributed by atoms with Crippen LogP contribution >= 0.6 is 0 Å². The lowest BCUT2D eigenvalue weighted by atomic mass is 9.94. The number of ether oxygens (including phenoxy) is 11. The van der Waals surface area contributed by atoms with Gasteiger partial charge in [0.25, 0.3) is 0 Å². The fraction of sp³-hybridized carbons (Fsp3) is 0.950. The quantitative estimate of drug-likeness (QED) is 0.0643. The highest BCUT2D eigenvalue weighted by Gasteiger charge is 2.57. The van der Waals surface area contributed by atoms with Crippen molar-refractivity contribution in [3.05, 3.63) is 0 Å². The molecular formula is C40H68N2O30. The molecule has 0 spiro atoms. The molecule has 6 aliphatic rings. The Balaban J connectivity index is 1.26. The molecule has 19 N–H and O–H groups in total. The van der Waals surface area contributed by atoms with Crippen LogP contribution in [-0.4, -0.2) is 316 Å². The van der Waals surface area contributed by atoms with Crippen LogP contribution in [-0.2, 0) is 61.7 Å². The van der Waals surface area contributed by atoms with Crippen LogP contribution < -0.4 is 10.6 Å². The Morgan fingerprint density at radius 1 is 0.389 bits per heavy atom. The van der Waals surface area contributed by atoms with Crippen LogP contribution in [0.5, 0.6) is 0 Å². The lowest BCUT2D eigenvalue weighted by Crippen LogP contribution is -2.70. The van der Waals surface area contributed by atoms with E-state index in [9.17, 15) is 96.4 Å². The number of amides is 2. The molecule has 2 amide bonds. The van der Waals surface area contributed by atoms with Gasteiger partial charge in [0.15, 0.2) is 37.7 Å². The number of hydrogen-bond donors (Lipinski definition) is 19. The first-order valence-corrected chi connectivity index (χ1v) is 23.0. The fourth-order valence-corrected chi connectivity index (χ4v) is 9.06. The molecule has 0 aliphatic carbocycles. The highest BCUT2D eigenvalue weighted by molar-refractivity contribution is 5.73. The van der Waals surface area contributed by atoms with E-state index in [4.69, 9.17) is 52.1 Å². The van der Waals surface area contributed by atoms with Crippen molar-refractivity contribution >= 4 is 11.8 Å². The summed E-state index contributed by atoms with van der Waals surface area (Å²) in [4.78, 5) is 24.8. The zero-order chi connectivity index (χ0) is 53.2. The predicted molar refractivity (Wildman–Crippen MR) is 221 cm³/mol. The molecule has 0 aromatic heterocycles. The Morgan fingerprint density at radius 3 is 1.35 bits per heavy atom. The summed E-state index contributed by atoms with van der Waals surface area (Å²) in [5.74, 6) is -1.60. The first-order chi connectivity index (χ1) is 33.9. The average Bonchev–Trinajstić information content (AvgIpc) is 3.34. The normalized spacial score (nSPS) is 50.3. The van der Waals surface area contributed by atoms with E-state index in [0.29, 0.717) is 0 Å². The number of aliphatic hydroxyl groups is 17. The van der Waals surface area contributed by atoms with Gasteiger partial charge in [0.2, 0.25) is 11.8 Å². The van der Waals surface area contributed by atoms with Crippen LogP contribution in [0.15, 0.2) is 0 Å². The van der Waals surface area contributed by atoms with Crippen LogP contribution in [0, 0.1) is 0 Å². The number of hydrogen-bond acceptors (Lipinski definition) is 30. The summed E-state index contributed by atoms with van der Waals surface area (Å²) >= 11 is 0. The van der Waals surface area contributed by atoms with E-state index in [1.165, 1.54) is 6.92 Å². The Morgan fingerprint density at radius 2 is 0.792 bits per heavy atom. The van der Waals surface area contributed by atoms with E-state index in [0.717, 1.165) is 13.8 Å². The predicted octanol–water partition coefficient (Wildman–Crippen LogP) is -12.8. The van der Waals surface area contributed by atoms with Crippen molar-refractivity contribution in [3.63, 3.8) is 0 Å². The summed E-state index contributed by atoms with van der Waals surface area (Å²) in [6, 6.07) is -3.40. The van der Waals surface area contributed by atoms with Crippen LogP contribution in [0.1, 0.15) is 20.8 Å². The van der Waals surface area contributed by atoms with Gasteiger partial charge in [0.1, 0.15) is 140 Å². The number of rotatable bonds is 17. The van der Waals surface area contributed by atoms with E-state index >= 15 is 0 Å². The van der Waals surface area contributed by atoms with Crippen LogP contribution in [0.4, 0.5) is 0 Å². The summed E-state index contributed by atoms with van der Waals surface area (Å²) in [5, 5.41) is 186. The van der Waals surface area contributed by atoms with Gasteiger partial charge in [-0.3, -0.25) is 9.59 Å². The second-order valence-electron chi connectivity index (χ2n) is 18.3. The van der Waals surface area contributed by atoms with E-state index in [1.807, 2.05) is 0 Å². The van der Waals surface area contributed by atoms with Crippen LogP contribution in [0.25, 0.3) is 0 Å². The summed E-state index contributed by atoms with van der Waals surface area (Å²) in [7, 11) is 0. The van der Waals surface area contributed by atoms with Crippen molar-refractivity contribution in [1.82, 2.24) is 10.6 Å². The maximum atomic E-state index is 12.7. The van der Waals surface area contributed by atoms with Crippen molar-refractivity contribution in [2.24, 2.45) is 0 Å². The van der Waals surface area contributed by atoms with Crippen molar-refractivity contribution in [1.29, 1.82) is 0 Å². The molecule has 32 nitrogen and oxygen atoms in total. The molecule has 6 rings (SSSR count). The summed E-state index contributed by atoms with van der Waals surface area (Å²) in [5.41, 5.74) is 0. The largest absolute Gasteiger partial charge is 0.394 e. The van der Waals surface area contributed by atoms with Crippen LogP contribution in [0.3, 0.4) is 0 Å². The molecule has 0 aromatic rings. The molecule has 6 aliphatic heterocycles. The molecule has 6 fully saturated rings. The topological polar surface area (TPSA) is 504 Å². The molecule has 30 atom stereocenters. The van der Waals surface area contributed by atoms with Crippen molar-refractivity contribution in [3.8, 4) is 0 Å². The van der Waals surface area contributed by atoms with Gasteiger partial charge >= 0.3 is 0 Å². The minimum atomic E-state index is -2.23. The Labute approximate surface area is 408 Å². The summed E-state index contributed by atoms with van der Waals surface area (Å²) < 4.78 is 62.8. The zero-order valence-corrected chi connectivity index (χ0v) is 38.8. The smallest absolute Gasteiger partial charge is 0.217 e. The Bertz CT molecular complexity index is 1730. The Kier molecular flexibility index (Phi) is 20.8. The number of nitrogens with one attached hydrogen (secondary N) is 2. The van der Waals surface area contributed by atoms with Gasteiger partial charge in [-0.05, 0) is 6.92 Å². The lowest BCUT2D eigenvalue weighted by Gasteiger charge is -2.50. The third-order valence-electron chi connectivity index (χ3n) is 13.2. The van der Waals surface area contributed by atoms with Gasteiger partial charge in [-0.25, -0.2) is 0 Å². The maximum Gasteiger partial charge on any atom is 0.217 e. The molecule has 0 aromatic carbocycles. The molecular weight excluding hydrogens is 988 g/mol. The van der Waals surface area contributed by atoms with Crippen molar-refractivity contribution in [2.45, 2.75) is 205 Å². The molecule has 32 heteroatoms. The van der Waals surface area contributed by atoms with Gasteiger partial charge in [-0.15, -0.1) is 0 Å². The van der Waals surface area contributed by atoms with E-state index in [2.05, 4.69) is 10.6 Å². The third-order valence-corrected chi connectivity index (χ3v) is 13.2. The van der Waals surface area contributed by atoms with E-state index in [-0.39, 0.29) is 0 Å². The van der Waals surface area contributed by atoms with Gasteiger partial charge in [-0.2, -0.15) is 0 Å². The summed E-state index contributed by atoms with van der Waals surface area (Å²) in [6.07, 6.45) is -51.4. The minimum absolute atomic E-state index is 0.728. The van der Waals surface area contributed by atoms with E-state index in [1.54, 1.807) is 0 Å². The average molecular weight is 1060 g/mol. The van der Waals surface area contributed by atoms with Gasteiger partial charge in [-0.1, -0.05) is 0 Å². The monoisotopic (exact) mass is 1060 g/mol. The second-order valence-corrected chi connectivity index (χ2v) is 18.3. The molecule has 6 saturated heterocycles. The molecule has 72 heavy (non-hydrogen) atoms. The van der Waals surface area contributed by atoms with Crippen molar-refractivity contribution in [2.75, 3.05) is 33.0 Å². The lowest BCUT2D eigenvalue weighted by molar-refractivity contribution is -0.384. The van der Waals surface area contributed by atoms with Gasteiger partial charge < -0.3 is 150 Å². The fourth-order valence-electron chi connectivity index (χ4n) is 9.06. The van der Waals surface area contributed by atoms with E-state index < -0.39 is 229 Å². The van der Waals surface area contributed by atoms with Gasteiger partial charge in [0, 0.05) is 13.8 Å². The van der Waals surface area contributed by atoms with Crippen molar-refractivity contribution < 1.29 is 149 Å². The molecule has 6 heterocycles. The maximum absolute atomic E-state index is 12.7. The minimum Gasteiger partial charge on any atom is -0.394 e. The SMILES string of the molecule is CC(=O)N[C@@H]1[C@@H](O)[C@H](O[C@@H]2O[C@H](CO)[C@@H](O[C@@H]3O[C@H](CO[C@H]4O[C@H](CO)[C@@H](O)[C@H](O)[C@@H]4O)[C@@H](O)[C@H](O[C@H]4O[C@H](CO)[C@@H](O)[C@H](O)[C@@H]4O)[C@@H]3O)[C@H](O)[C@H]2NC(C)=O)[C@@H](CO[C@H]2O[C@@H](C)[C@@H](O)[C@@H](O)[C@@H]2O)O[C@H]1O. The molecule has 0 radical (unpaired) electrons. The molecule has 0 unspecified atom stereocenters. The molecule has 0 bridgehead atoms. The van der Waals surface area contributed by atoms with Crippen LogP contribution in [0.2, 0.25) is 0 Å². The summed E-state index contributed by atoms with van der Waals surface area (Å²) in [6.45, 7) is -1.00. The molecule has 0 saturated carbocycles. The molecule has 418 valence electrons. The highest BCUT2D eigenvalue weighted by atomic mass is 16.8. The first kappa shape index (κ1) is 59.1.